The van der Waals surface area contributed by atoms with Crippen LogP contribution in [0, 0.1) is 0 Å². The number of hydrogen-bond acceptors (Lipinski definition) is 8. The van der Waals surface area contributed by atoms with E-state index in [1.807, 2.05) is 6.07 Å². The number of pyridine rings is 1. The van der Waals surface area contributed by atoms with Crippen molar-refractivity contribution >= 4 is 34.5 Å². The van der Waals surface area contributed by atoms with Crippen LogP contribution in [0.5, 0.6) is 0 Å². The monoisotopic (exact) mass is 343 g/mol. The van der Waals surface area contributed by atoms with Gasteiger partial charge in [-0.2, -0.15) is 9.97 Å². The lowest BCUT2D eigenvalue weighted by Gasteiger charge is -2.28. The number of anilines is 2. The van der Waals surface area contributed by atoms with E-state index in [0.717, 1.165) is 18.7 Å². The minimum Gasteiger partial charge on any atom is -0.378 e. The normalized spacial score (nSPS) is 15.0. The summed E-state index contributed by atoms with van der Waals surface area (Å²) < 4.78 is 5.39. The fourth-order valence-corrected chi connectivity index (χ4v) is 2.68. The van der Waals surface area contributed by atoms with E-state index in [2.05, 4.69) is 29.8 Å². The summed E-state index contributed by atoms with van der Waals surface area (Å²) in [4.78, 5) is 23.8. The highest BCUT2D eigenvalue weighted by atomic mass is 35.5. The Labute approximate surface area is 142 Å². The maximum absolute atomic E-state index is 5.84. The van der Waals surface area contributed by atoms with Gasteiger partial charge in [0, 0.05) is 24.8 Å². The molecule has 122 valence electrons. The molecule has 3 aromatic rings. The number of nitrogen functional groups attached to an aromatic ring is 1. The van der Waals surface area contributed by atoms with Crippen LogP contribution in [-0.4, -0.2) is 51.2 Å². The fraction of sp³-hybridized carbons (Fsp3) is 0.267. The number of nitrogens with zero attached hydrogens (tertiary/aromatic N) is 6. The molecule has 1 aliphatic heterocycles. The second-order valence-electron chi connectivity index (χ2n) is 5.30. The van der Waals surface area contributed by atoms with Gasteiger partial charge in [0.1, 0.15) is 5.15 Å². The Morgan fingerprint density at radius 3 is 2.62 bits per heavy atom. The van der Waals surface area contributed by atoms with Crippen LogP contribution in [0.2, 0.25) is 5.15 Å². The molecule has 8 nitrogen and oxygen atoms in total. The number of aromatic nitrogens is 5. The van der Waals surface area contributed by atoms with Gasteiger partial charge in [0.25, 0.3) is 0 Å². The Hall–Kier alpha value is -2.58. The summed E-state index contributed by atoms with van der Waals surface area (Å²) in [5.41, 5.74) is 8.40. The number of rotatable bonds is 2. The maximum atomic E-state index is 5.84. The number of nitrogens with two attached hydrogens (primary N) is 1. The third-order valence-electron chi connectivity index (χ3n) is 3.74. The molecule has 2 N–H and O–H groups in total. The van der Waals surface area contributed by atoms with E-state index in [4.69, 9.17) is 22.1 Å². The van der Waals surface area contributed by atoms with E-state index in [-0.39, 0.29) is 5.95 Å². The predicted octanol–water partition coefficient (Wildman–Crippen LogP) is 1.55. The lowest BCUT2D eigenvalue weighted by atomic mass is 10.2. The first-order valence-electron chi connectivity index (χ1n) is 7.45. The zero-order valence-electron chi connectivity index (χ0n) is 12.7. The van der Waals surface area contributed by atoms with Crippen molar-refractivity contribution in [2.75, 3.05) is 36.9 Å². The van der Waals surface area contributed by atoms with Crippen LogP contribution in [0.4, 0.5) is 11.8 Å². The van der Waals surface area contributed by atoms with Gasteiger partial charge in [-0.25, -0.2) is 15.0 Å². The molecule has 4 heterocycles. The first-order chi connectivity index (χ1) is 11.7. The summed E-state index contributed by atoms with van der Waals surface area (Å²) in [6, 6.07) is 3.56. The molecule has 0 spiro atoms. The number of halogens is 1. The summed E-state index contributed by atoms with van der Waals surface area (Å²) in [6.07, 6.45) is 3.30. The second-order valence-corrected chi connectivity index (χ2v) is 5.69. The van der Waals surface area contributed by atoms with E-state index in [9.17, 15) is 0 Å². The minimum atomic E-state index is 0.180. The molecule has 1 aliphatic rings. The van der Waals surface area contributed by atoms with Gasteiger partial charge in [-0.15, -0.1) is 0 Å². The molecule has 0 atom stereocenters. The largest absolute Gasteiger partial charge is 0.378 e. The highest BCUT2D eigenvalue weighted by molar-refractivity contribution is 6.29. The highest BCUT2D eigenvalue weighted by Gasteiger charge is 2.19. The van der Waals surface area contributed by atoms with Crippen LogP contribution in [0.25, 0.3) is 22.4 Å². The van der Waals surface area contributed by atoms with Crippen molar-refractivity contribution in [1.29, 1.82) is 0 Å². The molecule has 0 saturated carbocycles. The Balaban J connectivity index is 1.85. The molecule has 0 aromatic carbocycles. The molecule has 1 saturated heterocycles. The van der Waals surface area contributed by atoms with Crippen LogP contribution >= 0.6 is 11.6 Å². The van der Waals surface area contributed by atoms with Crippen LogP contribution < -0.4 is 10.6 Å². The van der Waals surface area contributed by atoms with Crippen LogP contribution in [0.3, 0.4) is 0 Å². The van der Waals surface area contributed by atoms with Crippen LogP contribution in [0.1, 0.15) is 0 Å². The number of hydrogen-bond donors (Lipinski definition) is 1. The topological polar surface area (TPSA) is 103 Å². The average molecular weight is 344 g/mol. The summed E-state index contributed by atoms with van der Waals surface area (Å²) in [6.45, 7) is 2.72. The van der Waals surface area contributed by atoms with Gasteiger partial charge >= 0.3 is 0 Å². The molecule has 24 heavy (non-hydrogen) atoms. The lowest BCUT2D eigenvalue weighted by molar-refractivity contribution is 0.122. The van der Waals surface area contributed by atoms with Gasteiger partial charge in [0.15, 0.2) is 17.0 Å². The predicted molar refractivity (Wildman–Crippen MR) is 90.8 cm³/mol. The standard InChI is InChI=1S/C15H14ClN7O/c16-11-2-1-9(7-18-11)10-8-19-13-12(20-10)14(22-15(17)21-13)23-3-5-24-6-4-23/h1-2,7-8H,3-6H2,(H2,17,19,21,22). The van der Waals surface area contributed by atoms with Gasteiger partial charge in [-0.05, 0) is 12.1 Å². The van der Waals surface area contributed by atoms with Gasteiger partial charge in [0.05, 0.1) is 25.1 Å². The smallest absolute Gasteiger partial charge is 0.224 e. The highest BCUT2D eigenvalue weighted by Crippen LogP contribution is 2.25. The molecule has 0 radical (unpaired) electrons. The zero-order valence-corrected chi connectivity index (χ0v) is 13.4. The Morgan fingerprint density at radius 2 is 1.88 bits per heavy atom. The van der Waals surface area contributed by atoms with E-state index in [0.29, 0.717) is 41.0 Å². The molecule has 0 unspecified atom stereocenters. The maximum Gasteiger partial charge on any atom is 0.224 e. The molecular weight excluding hydrogens is 330 g/mol. The summed E-state index contributed by atoms with van der Waals surface area (Å²) >= 11 is 5.84. The van der Waals surface area contributed by atoms with Crippen molar-refractivity contribution in [1.82, 2.24) is 24.9 Å². The summed E-state index contributed by atoms with van der Waals surface area (Å²) in [5.74, 6) is 0.858. The van der Waals surface area contributed by atoms with Crippen molar-refractivity contribution < 1.29 is 4.74 Å². The molecule has 0 bridgehead atoms. The Morgan fingerprint density at radius 1 is 1.04 bits per heavy atom. The number of ether oxygens (including phenoxy) is 1. The molecule has 1 fully saturated rings. The molecule has 9 heteroatoms. The molecule has 3 aromatic heterocycles. The fourth-order valence-electron chi connectivity index (χ4n) is 2.57. The molecular formula is C15H14ClN7O. The van der Waals surface area contributed by atoms with Crippen molar-refractivity contribution in [3.63, 3.8) is 0 Å². The summed E-state index contributed by atoms with van der Waals surface area (Å²) in [7, 11) is 0. The van der Waals surface area contributed by atoms with Gasteiger partial charge in [0.2, 0.25) is 5.95 Å². The quantitative estimate of drug-likeness (QED) is 0.699. The second kappa shape index (κ2) is 6.14. The van der Waals surface area contributed by atoms with Gasteiger partial charge < -0.3 is 15.4 Å². The van der Waals surface area contributed by atoms with E-state index < -0.39 is 0 Å². The van der Waals surface area contributed by atoms with Crippen LogP contribution in [0.15, 0.2) is 24.5 Å². The molecule has 0 amide bonds. The first-order valence-corrected chi connectivity index (χ1v) is 7.83. The third kappa shape index (κ3) is 2.81. The summed E-state index contributed by atoms with van der Waals surface area (Å²) in [5, 5.41) is 0.428. The third-order valence-corrected chi connectivity index (χ3v) is 3.96. The molecule has 0 aliphatic carbocycles. The van der Waals surface area contributed by atoms with Crippen molar-refractivity contribution in [3.05, 3.63) is 29.7 Å². The number of fused-ring (bicyclic) bond motifs is 1. The Kier molecular flexibility index (Phi) is 3.83. The lowest BCUT2D eigenvalue weighted by Crippen LogP contribution is -2.37. The first kappa shape index (κ1) is 15.0. The van der Waals surface area contributed by atoms with E-state index >= 15 is 0 Å². The van der Waals surface area contributed by atoms with E-state index in [1.54, 1.807) is 18.5 Å². The van der Waals surface area contributed by atoms with Crippen molar-refractivity contribution in [3.8, 4) is 11.3 Å². The van der Waals surface area contributed by atoms with Crippen molar-refractivity contribution in [2.45, 2.75) is 0 Å². The van der Waals surface area contributed by atoms with Crippen molar-refractivity contribution in [2.24, 2.45) is 0 Å². The minimum absolute atomic E-state index is 0.180. The number of morpholine rings is 1. The van der Waals surface area contributed by atoms with Gasteiger partial charge in [-0.1, -0.05) is 11.6 Å². The SMILES string of the molecule is Nc1nc(N2CCOCC2)c2nc(-c3ccc(Cl)nc3)cnc2n1. The molecule has 4 rings (SSSR count). The zero-order chi connectivity index (χ0) is 16.5. The Bertz CT molecular complexity index is 881. The van der Waals surface area contributed by atoms with Gasteiger partial charge in [-0.3, -0.25) is 0 Å². The van der Waals surface area contributed by atoms with E-state index in [1.165, 1.54) is 0 Å². The average Bonchev–Trinajstić information content (AvgIpc) is 2.62. The van der Waals surface area contributed by atoms with Crippen LogP contribution in [-0.2, 0) is 4.74 Å².